The molecular weight excluding hydrogens is 394 g/mol. The van der Waals surface area contributed by atoms with Crippen molar-refractivity contribution in [2.24, 2.45) is 7.05 Å². The zero-order chi connectivity index (χ0) is 21.9. The Morgan fingerprint density at radius 2 is 1.83 bits per heavy atom. The molecule has 6 nitrogen and oxygen atoms in total. The zero-order valence-corrected chi connectivity index (χ0v) is 19.3. The van der Waals surface area contributed by atoms with Crippen molar-refractivity contribution in [1.29, 1.82) is 5.26 Å². The maximum atomic E-state index is 12.8. The predicted octanol–water partition coefficient (Wildman–Crippen LogP) is 4.60. The van der Waals surface area contributed by atoms with Gasteiger partial charge in [-0.25, -0.2) is 0 Å². The molecule has 1 aliphatic carbocycles. The number of benzene rings is 1. The number of nitrogens with zero attached hydrogens (tertiary/aromatic N) is 4. The molecule has 1 aromatic heterocycles. The van der Waals surface area contributed by atoms with Crippen molar-refractivity contribution < 1.29 is 4.79 Å². The molecule has 1 N–H and O–H groups in total. The molecule has 0 saturated heterocycles. The molecule has 2 aromatic rings. The van der Waals surface area contributed by atoms with Gasteiger partial charge in [0, 0.05) is 12.6 Å². The number of hydrogen-bond acceptors (Lipinski definition) is 5. The summed E-state index contributed by atoms with van der Waals surface area (Å²) in [6, 6.07) is 10.7. The number of carbonyl (C=O) groups excluding carboxylic acids is 1. The second kappa shape index (κ2) is 8.81. The fraction of sp³-hybridized carbons (Fsp3) is 0.565. The second-order valence-electron chi connectivity index (χ2n) is 9.20. The highest BCUT2D eigenvalue weighted by Gasteiger charge is 2.35. The monoisotopic (exact) mass is 425 g/mol. The lowest BCUT2D eigenvalue weighted by Crippen LogP contribution is -2.50. The van der Waals surface area contributed by atoms with Gasteiger partial charge in [-0.2, -0.15) is 5.26 Å². The predicted molar refractivity (Wildman–Crippen MR) is 120 cm³/mol. The van der Waals surface area contributed by atoms with Gasteiger partial charge in [0.25, 0.3) is 0 Å². The molecule has 160 valence electrons. The number of carbonyl (C=O) groups is 1. The highest BCUT2D eigenvalue weighted by Crippen LogP contribution is 2.30. The fourth-order valence-electron chi connectivity index (χ4n) is 3.76. The van der Waals surface area contributed by atoms with Crippen LogP contribution in [0.5, 0.6) is 0 Å². The number of rotatable bonds is 5. The molecule has 1 saturated carbocycles. The number of nitrogens with one attached hydrogen (secondary N) is 1. The van der Waals surface area contributed by atoms with Crippen LogP contribution in [0.4, 0.5) is 0 Å². The van der Waals surface area contributed by atoms with Crippen molar-refractivity contribution >= 4 is 17.7 Å². The normalized spacial score (nSPS) is 17.2. The molecular formula is C23H31N5OS. The Morgan fingerprint density at radius 3 is 2.40 bits per heavy atom. The Balaban J connectivity index is 1.70. The van der Waals surface area contributed by atoms with E-state index in [4.69, 9.17) is 0 Å². The van der Waals surface area contributed by atoms with E-state index < -0.39 is 5.54 Å². The Morgan fingerprint density at radius 1 is 1.20 bits per heavy atom. The average Bonchev–Trinajstić information content (AvgIpc) is 3.08. The number of aromatic nitrogens is 3. The number of amides is 1. The molecule has 1 amide bonds. The third kappa shape index (κ3) is 4.86. The summed E-state index contributed by atoms with van der Waals surface area (Å²) in [4.78, 5) is 12.8. The highest BCUT2D eigenvalue weighted by molar-refractivity contribution is 8.00. The minimum Gasteiger partial charge on any atom is -0.337 e. The average molecular weight is 426 g/mol. The summed E-state index contributed by atoms with van der Waals surface area (Å²) in [5, 5.41) is 21.6. The lowest BCUT2D eigenvalue weighted by Gasteiger charge is -2.32. The zero-order valence-electron chi connectivity index (χ0n) is 18.5. The molecule has 1 heterocycles. The van der Waals surface area contributed by atoms with Crippen LogP contribution in [-0.4, -0.2) is 31.5 Å². The van der Waals surface area contributed by atoms with Gasteiger partial charge in [0.1, 0.15) is 5.54 Å². The largest absolute Gasteiger partial charge is 0.337 e. The molecule has 0 unspecified atom stereocenters. The van der Waals surface area contributed by atoms with Gasteiger partial charge in [-0.3, -0.25) is 4.79 Å². The molecule has 0 bridgehead atoms. The number of nitriles is 1. The Labute approximate surface area is 183 Å². The van der Waals surface area contributed by atoms with Crippen molar-refractivity contribution in [3.8, 4) is 17.5 Å². The van der Waals surface area contributed by atoms with Gasteiger partial charge in [-0.15, -0.1) is 10.2 Å². The van der Waals surface area contributed by atoms with E-state index in [0.29, 0.717) is 5.16 Å². The molecule has 3 rings (SSSR count). The standard InChI is InChI=1S/C23H31N5OS/c1-16(20(29)25-23(15-24)13-7-6-8-14-23)30-21-27-26-19(28(21)5)17-9-11-18(12-10-17)22(2,3)4/h9-12,16H,6-8,13-14H2,1-5H3,(H,25,29)/t16-/m0/s1. The van der Waals surface area contributed by atoms with Crippen molar-refractivity contribution in [1.82, 2.24) is 20.1 Å². The summed E-state index contributed by atoms with van der Waals surface area (Å²) >= 11 is 1.37. The van der Waals surface area contributed by atoms with E-state index in [2.05, 4.69) is 66.6 Å². The lowest BCUT2D eigenvalue weighted by atomic mass is 9.83. The molecule has 30 heavy (non-hydrogen) atoms. The summed E-state index contributed by atoms with van der Waals surface area (Å²) in [6.45, 7) is 8.42. The van der Waals surface area contributed by atoms with E-state index in [1.165, 1.54) is 17.3 Å². The summed E-state index contributed by atoms with van der Waals surface area (Å²) in [6.07, 6.45) is 4.55. The molecule has 1 aliphatic rings. The molecule has 7 heteroatoms. The summed E-state index contributed by atoms with van der Waals surface area (Å²) in [5.74, 6) is 0.647. The van der Waals surface area contributed by atoms with Gasteiger partial charge in [-0.05, 0) is 30.7 Å². The maximum Gasteiger partial charge on any atom is 0.234 e. The summed E-state index contributed by atoms with van der Waals surface area (Å²) < 4.78 is 1.92. The van der Waals surface area contributed by atoms with Crippen LogP contribution in [0.2, 0.25) is 0 Å². The van der Waals surface area contributed by atoms with Crippen molar-refractivity contribution in [2.45, 2.75) is 81.2 Å². The Bertz CT molecular complexity index is 930. The van der Waals surface area contributed by atoms with Gasteiger partial charge in [0.05, 0.1) is 11.3 Å². The van der Waals surface area contributed by atoms with E-state index in [1.54, 1.807) is 0 Å². The fourth-order valence-corrected chi connectivity index (χ4v) is 4.57. The Kier molecular flexibility index (Phi) is 6.56. The topological polar surface area (TPSA) is 83.6 Å². The van der Waals surface area contributed by atoms with E-state index in [0.717, 1.165) is 43.5 Å². The number of thioether (sulfide) groups is 1. The van der Waals surface area contributed by atoms with Crippen molar-refractivity contribution in [2.75, 3.05) is 0 Å². The minimum atomic E-state index is -0.718. The quantitative estimate of drug-likeness (QED) is 0.708. The van der Waals surface area contributed by atoms with Gasteiger partial charge < -0.3 is 9.88 Å². The first-order chi connectivity index (χ1) is 14.1. The lowest BCUT2D eigenvalue weighted by molar-refractivity contribution is -0.121. The van der Waals surface area contributed by atoms with Gasteiger partial charge in [0.2, 0.25) is 5.91 Å². The van der Waals surface area contributed by atoms with Crippen LogP contribution in [0.25, 0.3) is 11.4 Å². The van der Waals surface area contributed by atoms with E-state index >= 15 is 0 Å². The highest BCUT2D eigenvalue weighted by atomic mass is 32.2. The molecule has 1 aromatic carbocycles. The van der Waals surface area contributed by atoms with Crippen molar-refractivity contribution in [3.63, 3.8) is 0 Å². The first-order valence-corrected chi connectivity index (χ1v) is 11.4. The molecule has 0 radical (unpaired) electrons. The third-order valence-electron chi connectivity index (χ3n) is 5.78. The van der Waals surface area contributed by atoms with E-state index in [1.807, 2.05) is 18.5 Å². The number of hydrogen-bond donors (Lipinski definition) is 1. The minimum absolute atomic E-state index is 0.0986. The van der Waals surface area contributed by atoms with Gasteiger partial charge >= 0.3 is 0 Å². The van der Waals surface area contributed by atoms with Crippen LogP contribution in [0.1, 0.15) is 65.4 Å². The Hall–Kier alpha value is -2.33. The smallest absolute Gasteiger partial charge is 0.234 e. The SMILES string of the molecule is C[C@H](Sc1nnc(-c2ccc(C(C)(C)C)cc2)n1C)C(=O)NC1(C#N)CCCCC1. The molecule has 1 atom stereocenters. The maximum absolute atomic E-state index is 12.8. The van der Waals surface area contributed by atoms with Crippen LogP contribution in [0.3, 0.4) is 0 Å². The van der Waals surface area contributed by atoms with Gasteiger partial charge in [-0.1, -0.05) is 76.1 Å². The summed E-state index contributed by atoms with van der Waals surface area (Å²) in [5.41, 5.74) is 1.64. The second-order valence-corrected chi connectivity index (χ2v) is 10.5. The van der Waals surface area contributed by atoms with Crippen molar-refractivity contribution in [3.05, 3.63) is 29.8 Å². The van der Waals surface area contributed by atoms with Gasteiger partial charge in [0.15, 0.2) is 11.0 Å². The molecule has 0 spiro atoms. The van der Waals surface area contributed by atoms with E-state index in [9.17, 15) is 10.1 Å². The van der Waals surface area contributed by atoms with Crippen LogP contribution < -0.4 is 5.32 Å². The first-order valence-electron chi connectivity index (χ1n) is 10.6. The van der Waals surface area contributed by atoms with Crippen LogP contribution >= 0.6 is 11.8 Å². The summed E-state index contributed by atoms with van der Waals surface area (Å²) in [7, 11) is 1.91. The molecule has 0 aliphatic heterocycles. The molecule has 1 fully saturated rings. The van der Waals surface area contributed by atoms with Crippen LogP contribution in [0, 0.1) is 11.3 Å². The van der Waals surface area contributed by atoms with Crippen LogP contribution in [-0.2, 0) is 17.3 Å². The third-order valence-corrected chi connectivity index (χ3v) is 6.91. The van der Waals surface area contributed by atoms with Crippen LogP contribution in [0.15, 0.2) is 29.4 Å². The first kappa shape index (κ1) is 22.4. The van der Waals surface area contributed by atoms with E-state index in [-0.39, 0.29) is 16.6 Å².